The maximum absolute atomic E-state index is 13.2. The Morgan fingerprint density at radius 3 is 2.73 bits per heavy atom. The molecule has 1 aromatic carbocycles. The summed E-state index contributed by atoms with van der Waals surface area (Å²) >= 11 is 1.49. The van der Waals surface area contributed by atoms with Crippen molar-refractivity contribution in [2.45, 2.75) is 25.8 Å². The maximum atomic E-state index is 13.2. The molecule has 0 atom stereocenters. The average molecular weight is 370 g/mol. The van der Waals surface area contributed by atoms with E-state index in [1.54, 1.807) is 4.90 Å². The van der Waals surface area contributed by atoms with Crippen LogP contribution in [0.15, 0.2) is 29.6 Å². The molecule has 2 aliphatic rings. The van der Waals surface area contributed by atoms with Crippen molar-refractivity contribution >= 4 is 40.3 Å². The zero-order valence-corrected chi connectivity index (χ0v) is 15.7. The molecule has 0 radical (unpaired) electrons. The molecule has 136 valence electrons. The molecule has 7 heteroatoms. The first-order chi connectivity index (χ1) is 12.5. The number of hydrogen-bond donors (Lipinski definition) is 2. The summed E-state index contributed by atoms with van der Waals surface area (Å²) < 4.78 is 0. The smallest absolute Gasteiger partial charge is 0.326 e. The number of amides is 3. The molecule has 26 heavy (non-hydrogen) atoms. The number of rotatable bonds is 1. The lowest BCUT2D eigenvalue weighted by molar-refractivity contribution is 0.102. The molecule has 3 heterocycles. The van der Waals surface area contributed by atoms with Crippen molar-refractivity contribution in [2.75, 3.05) is 30.4 Å². The predicted octanol–water partition coefficient (Wildman–Crippen LogP) is 3.56. The maximum Gasteiger partial charge on any atom is 0.326 e. The minimum atomic E-state index is -0.178. The second-order valence-corrected chi connectivity index (χ2v) is 7.97. The molecule has 0 bridgehead atoms. The van der Waals surface area contributed by atoms with Crippen molar-refractivity contribution in [1.29, 1.82) is 0 Å². The van der Waals surface area contributed by atoms with Crippen LogP contribution in [0.3, 0.4) is 0 Å². The fraction of sp³-hybridized carbons (Fsp3) is 0.368. The highest BCUT2D eigenvalue weighted by Crippen LogP contribution is 2.41. The Hall–Kier alpha value is -2.38. The van der Waals surface area contributed by atoms with Crippen molar-refractivity contribution in [2.24, 2.45) is 0 Å². The first-order valence-electron chi connectivity index (χ1n) is 8.82. The fourth-order valence-electron chi connectivity index (χ4n) is 3.58. The summed E-state index contributed by atoms with van der Waals surface area (Å²) in [6.45, 7) is 3.86. The molecule has 2 N–H and O–H groups in total. The number of anilines is 3. The van der Waals surface area contributed by atoms with E-state index < -0.39 is 0 Å². The van der Waals surface area contributed by atoms with Crippen molar-refractivity contribution in [1.82, 2.24) is 10.2 Å². The standard InChI is InChI=1S/C19H22N4O2S/c1-12-17-16(11-26-12)23(15-6-4-3-5-14(15)21-18(17)24)19(25)20-13-7-9-22(2)10-8-13/h3-6,11,13H,7-10H2,1-2H3,(H,20,25)(H,21,24). The molecule has 0 spiro atoms. The highest BCUT2D eigenvalue weighted by Gasteiger charge is 2.32. The molecule has 4 rings (SSSR count). The fourth-order valence-corrected chi connectivity index (χ4v) is 4.41. The zero-order valence-electron chi connectivity index (χ0n) is 14.9. The molecule has 2 aromatic rings. The van der Waals surface area contributed by atoms with Gasteiger partial charge in [-0.1, -0.05) is 12.1 Å². The van der Waals surface area contributed by atoms with Crippen molar-refractivity contribution in [3.63, 3.8) is 0 Å². The normalized spacial score (nSPS) is 17.9. The number of thiophene rings is 1. The second kappa shape index (κ2) is 6.74. The van der Waals surface area contributed by atoms with Crippen LogP contribution in [0.4, 0.5) is 21.9 Å². The van der Waals surface area contributed by atoms with E-state index >= 15 is 0 Å². The third kappa shape index (κ3) is 2.97. The Kier molecular flexibility index (Phi) is 4.42. The molecule has 3 amide bonds. The summed E-state index contributed by atoms with van der Waals surface area (Å²) in [6.07, 6.45) is 1.87. The zero-order chi connectivity index (χ0) is 18.3. The van der Waals surface area contributed by atoms with E-state index in [1.807, 2.05) is 36.6 Å². The van der Waals surface area contributed by atoms with Gasteiger partial charge in [0.05, 0.1) is 22.6 Å². The Labute approximate surface area is 156 Å². The molecule has 6 nitrogen and oxygen atoms in total. The van der Waals surface area contributed by atoms with Gasteiger partial charge >= 0.3 is 6.03 Å². The van der Waals surface area contributed by atoms with E-state index in [0.29, 0.717) is 22.6 Å². The van der Waals surface area contributed by atoms with Gasteiger partial charge in [0, 0.05) is 16.3 Å². The van der Waals surface area contributed by atoms with Gasteiger partial charge < -0.3 is 15.5 Å². The molecule has 1 fully saturated rings. The van der Waals surface area contributed by atoms with Crippen LogP contribution in [-0.2, 0) is 0 Å². The van der Waals surface area contributed by atoms with Crippen LogP contribution >= 0.6 is 11.3 Å². The van der Waals surface area contributed by atoms with E-state index in [9.17, 15) is 9.59 Å². The second-order valence-electron chi connectivity index (χ2n) is 6.89. The number of aryl methyl sites for hydroxylation is 1. The van der Waals surface area contributed by atoms with Crippen LogP contribution < -0.4 is 15.5 Å². The quantitative estimate of drug-likeness (QED) is 0.807. The third-order valence-electron chi connectivity index (χ3n) is 5.07. The van der Waals surface area contributed by atoms with Gasteiger partial charge in [0.25, 0.3) is 5.91 Å². The molecule has 1 aromatic heterocycles. The molecule has 1 saturated heterocycles. The van der Waals surface area contributed by atoms with E-state index in [2.05, 4.69) is 22.6 Å². The van der Waals surface area contributed by atoms with Gasteiger partial charge in [-0.2, -0.15) is 0 Å². The predicted molar refractivity (Wildman–Crippen MR) is 105 cm³/mol. The molecule has 0 aliphatic carbocycles. The number of piperidine rings is 1. The highest BCUT2D eigenvalue weighted by molar-refractivity contribution is 7.10. The van der Waals surface area contributed by atoms with Crippen molar-refractivity contribution in [3.8, 4) is 0 Å². The first kappa shape index (κ1) is 17.1. The molecule has 2 aliphatic heterocycles. The van der Waals surface area contributed by atoms with Gasteiger partial charge in [0.15, 0.2) is 0 Å². The number of nitrogens with one attached hydrogen (secondary N) is 2. The van der Waals surface area contributed by atoms with Crippen LogP contribution in [0.25, 0.3) is 0 Å². The SMILES string of the molecule is Cc1scc2c1C(=O)Nc1ccccc1N2C(=O)NC1CCN(C)CC1. The van der Waals surface area contributed by atoms with Gasteiger partial charge in [0.2, 0.25) is 0 Å². The number of likely N-dealkylation sites (tertiary alicyclic amines) is 1. The minimum absolute atomic E-state index is 0.154. The first-order valence-corrected chi connectivity index (χ1v) is 9.70. The van der Waals surface area contributed by atoms with E-state index in [4.69, 9.17) is 0 Å². The molecule has 0 unspecified atom stereocenters. The third-order valence-corrected chi connectivity index (χ3v) is 5.96. The number of carbonyl (C=O) groups excluding carboxylic acids is 2. The Bertz CT molecular complexity index is 855. The molecule has 0 saturated carbocycles. The summed E-state index contributed by atoms with van der Waals surface area (Å²) in [5, 5.41) is 8.00. The summed E-state index contributed by atoms with van der Waals surface area (Å²) in [7, 11) is 2.10. The van der Waals surface area contributed by atoms with Crippen molar-refractivity contribution in [3.05, 3.63) is 40.1 Å². The molecular weight excluding hydrogens is 348 g/mol. The van der Waals surface area contributed by atoms with Gasteiger partial charge in [-0.05, 0) is 52.0 Å². The summed E-state index contributed by atoms with van der Waals surface area (Å²) in [5.74, 6) is -0.166. The number of urea groups is 1. The van der Waals surface area contributed by atoms with E-state index in [0.717, 1.165) is 30.8 Å². The minimum Gasteiger partial charge on any atom is -0.335 e. The lowest BCUT2D eigenvalue weighted by Gasteiger charge is -2.31. The van der Waals surface area contributed by atoms with Gasteiger partial charge in [-0.15, -0.1) is 11.3 Å². The van der Waals surface area contributed by atoms with Gasteiger partial charge in [-0.25, -0.2) is 4.79 Å². The highest BCUT2D eigenvalue weighted by atomic mass is 32.1. The number of para-hydroxylation sites is 2. The lowest BCUT2D eigenvalue weighted by Crippen LogP contribution is -2.47. The van der Waals surface area contributed by atoms with Crippen LogP contribution in [0.5, 0.6) is 0 Å². The van der Waals surface area contributed by atoms with Crippen molar-refractivity contribution < 1.29 is 9.59 Å². The molecular formula is C19H22N4O2S. The number of fused-ring (bicyclic) bond motifs is 2. The van der Waals surface area contributed by atoms with Gasteiger partial charge in [-0.3, -0.25) is 9.69 Å². The van der Waals surface area contributed by atoms with Crippen LogP contribution in [0.1, 0.15) is 28.1 Å². The number of carbonyl (C=O) groups is 2. The Morgan fingerprint density at radius 2 is 1.96 bits per heavy atom. The monoisotopic (exact) mass is 370 g/mol. The lowest BCUT2D eigenvalue weighted by atomic mass is 10.1. The topological polar surface area (TPSA) is 64.7 Å². The average Bonchev–Trinajstić information content (AvgIpc) is 2.93. The van der Waals surface area contributed by atoms with Crippen LogP contribution in [-0.4, -0.2) is 43.0 Å². The number of nitrogens with zero attached hydrogens (tertiary/aromatic N) is 2. The Balaban J connectivity index is 1.71. The van der Waals surface area contributed by atoms with E-state index in [-0.39, 0.29) is 18.0 Å². The van der Waals surface area contributed by atoms with Crippen LogP contribution in [0.2, 0.25) is 0 Å². The number of hydrogen-bond acceptors (Lipinski definition) is 4. The summed E-state index contributed by atoms with van der Waals surface area (Å²) in [6, 6.07) is 7.41. The summed E-state index contributed by atoms with van der Waals surface area (Å²) in [5.41, 5.74) is 2.57. The largest absolute Gasteiger partial charge is 0.335 e. The van der Waals surface area contributed by atoms with Crippen LogP contribution in [0, 0.1) is 6.92 Å². The number of benzene rings is 1. The van der Waals surface area contributed by atoms with Gasteiger partial charge in [0.1, 0.15) is 0 Å². The summed E-state index contributed by atoms with van der Waals surface area (Å²) in [4.78, 5) is 30.7. The Morgan fingerprint density at radius 1 is 1.23 bits per heavy atom. The van der Waals surface area contributed by atoms with E-state index in [1.165, 1.54) is 11.3 Å².